The lowest BCUT2D eigenvalue weighted by molar-refractivity contribution is -0.385. The summed E-state index contributed by atoms with van der Waals surface area (Å²) in [7, 11) is 0. The zero-order chi connectivity index (χ0) is 22.0. The highest BCUT2D eigenvalue weighted by Gasteiger charge is 2.40. The Hall–Kier alpha value is -4.28. The molecule has 0 fully saturated rings. The molecule has 2 aromatic carbocycles. The molecule has 3 N–H and O–H groups in total. The Kier molecular flexibility index (Phi) is 5.45. The van der Waals surface area contributed by atoms with Gasteiger partial charge in [-0.25, -0.2) is 0 Å². The third kappa shape index (κ3) is 3.94. The van der Waals surface area contributed by atoms with Crippen LogP contribution in [0.1, 0.15) is 32.7 Å². The first kappa shape index (κ1) is 20.5. The van der Waals surface area contributed by atoms with E-state index < -0.39 is 34.3 Å². The van der Waals surface area contributed by atoms with Crippen LogP contribution in [-0.4, -0.2) is 50.3 Å². The summed E-state index contributed by atoms with van der Waals surface area (Å²) >= 11 is 0. The minimum Gasteiger partial charge on any atom is -0.506 e. The number of amides is 3. The van der Waals surface area contributed by atoms with Crippen molar-refractivity contribution in [3.63, 3.8) is 0 Å². The first-order chi connectivity index (χ1) is 14.2. The standard InChI is InChI=1S/C19H15N3O8/c23-14-5-4-10(9-16(25)26)8-12(14)20-15(24)6-7-21-18(27)11-2-1-3-13(22(29)30)17(11)19(21)28/h1-5,8,23H,6-7,9H2,(H,20,24)(H,25,26). The maximum atomic E-state index is 12.5. The first-order valence-electron chi connectivity index (χ1n) is 8.66. The van der Waals surface area contributed by atoms with E-state index in [0.717, 1.165) is 11.0 Å². The summed E-state index contributed by atoms with van der Waals surface area (Å²) in [6.07, 6.45) is -0.640. The molecule has 0 saturated carbocycles. The van der Waals surface area contributed by atoms with Crippen LogP contribution in [0, 0.1) is 10.1 Å². The number of phenols is 1. The van der Waals surface area contributed by atoms with Crippen LogP contribution in [0.2, 0.25) is 0 Å². The maximum Gasteiger partial charge on any atom is 0.307 e. The molecule has 0 unspecified atom stereocenters. The van der Waals surface area contributed by atoms with Crippen LogP contribution in [0.15, 0.2) is 36.4 Å². The van der Waals surface area contributed by atoms with Gasteiger partial charge in [0.25, 0.3) is 17.5 Å². The Balaban J connectivity index is 1.69. The number of hydrogen-bond acceptors (Lipinski definition) is 7. The van der Waals surface area contributed by atoms with E-state index in [0.29, 0.717) is 5.56 Å². The van der Waals surface area contributed by atoms with E-state index >= 15 is 0 Å². The third-order valence-electron chi connectivity index (χ3n) is 4.43. The molecule has 0 atom stereocenters. The lowest BCUT2D eigenvalue weighted by atomic mass is 10.1. The van der Waals surface area contributed by atoms with E-state index in [4.69, 9.17) is 5.11 Å². The number of aromatic hydroxyl groups is 1. The van der Waals surface area contributed by atoms with Gasteiger partial charge >= 0.3 is 5.97 Å². The van der Waals surface area contributed by atoms with Crippen molar-refractivity contribution in [1.29, 1.82) is 0 Å². The molecule has 30 heavy (non-hydrogen) atoms. The summed E-state index contributed by atoms with van der Waals surface area (Å²) in [6, 6.07) is 7.64. The molecule has 154 valence electrons. The van der Waals surface area contributed by atoms with Gasteiger partial charge in [0, 0.05) is 19.0 Å². The van der Waals surface area contributed by atoms with Gasteiger partial charge in [-0.1, -0.05) is 12.1 Å². The summed E-state index contributed by atoms with van der Waals surface area (Å²) in [5.41, 5.74) is -0.571. The molecule has 1 aliphatic rings. The van der Waals surface area contributed by atoms with Gasteiger partial charge in [0.15, 0.2) is 0 Å². The largest absolute Gasteiger partial charge is 0.506 e. The van der Waals surface area contributed by atoms with Gasteiger partial charge in [-0.3, -0.25) is 34.2 Å². The highest BCUT2D eigenvalue weighted by atomic mass is 16.6. The molecule has 0 aliphatic carbocycles. The van der Waals surface area contributed by atoms with Crippen molar-refractivity contribution in [2.75, 3.05) is 11.9 Å². The number of anilines is 1. The first-order valence-corrected chi connectivity index (χ1v) is 8.66. The minimum atomic E-state index is -1.09. The lowest BCUT2D eigenvalue weighted by Crippen LogP contribution is -2.33. The van der Waals surface area contributed by atoms with Crippen molar-refractivity contribution in [2.45, 2.75) is 12.8 Å². The highest BCUT2D eigenvalue weighted by Crippen LogP contribution is 2.31. The second kappa shape index (κ2) is 7.99. The molecular weight excluding hydrogens is 398 g/mol. The number of carbonyl (C=O) groups is 4. The minimum absolute atomic E-state index is 0.0169. The number of carbonyl (C=O) groups excluding carboxylic acids is 3. The normalized spacial score (nSPS) is 12.6. The van der Waals surface area contributed by atoms with Crippen LogP contribution in [-0.2, 0) is 16.0 Å². The number of phenolic OH excluding ortho intramolecular Hbond substituents is 1. The Morgan fingerprint density at radius 1 is 1.13 bits per heavy atom. The van der Waals surface area contributed by atoms with E-state index in [1.165, 1.54) is 30.3 Å². The number of nitrogens with zero attached hydrogens (tertiary/aromatic N) is 2. The molecule has 0 bridgehead atoms. The predicted octanol–water partition coefficient (Wildman–Crippen LogP) is 1.55. The van der Waals surface area contributed by atoms with Crippen molar-refractivity contribution in [1.82, 2.24) is 4.90 Å². The smallest absolute Gasteiger partial charge is 0.307 e. The molecule has 2 aromatic rings. The lowest BCUT2D eigenvalue weighted by Gasteiger charge is -2.14. The summed E-state index contributed by atoms with van der Waals surface area (Å²) in [4.78, 5) is 59.0. The molecule has 0 aromatic heterocycles. The van der Waals surface area contributed by atoms with E-state index in [1.807, 2.05) is 0 Å². The van der Waals surface area contributed by atoms with Crippen LogP contribution in [0.25, 0.3) is 0 Å². The van der Waals surface area contributed by atoms with Gasteiger partial charge in [0.05, 0.1) is 22.6 Å². The molecule has 3 amide bonds. The number of nitro groups is 1. The average molecular weight is 413 g/mol. The van der Waals surface area contributed by atoms with Gasteiger partial charge in [-0.15, -0.1) is 0 Å². The second-order valence-electron chi connectivity index (χ2n) is 6.44. The van der Waals surface area contributed by atoms with Crippen molar-refractivity contribution in [3.05, 3.63) is 63.2 Å². The summed E-state index contributed by atoms with van der Waals surface area (Å²) in [6.45, 7) is -0.328. The van der Waals surface area contributed by atoms with Crippen LogP contribution in [0.5, 0.6) is 5.75 Å². The number of nitro benzene ring substituents is 1. The van der Waals surface area contributed by atoms with Crippen molar-refractivity contribution in [3.8, 4) is 5.75 Å². The number of nitrogens with one attached hydrogen (secondary N) is 1. The molecule has 0 radical (unpaired) electrons. The molecule has 1 aliphatic heterocycles. The monoisotopic (exact) mass is 413 g/mol. The van der Waals surface area contributed by atoms with E-state index in [9.17, 15) is 34.4 Å². The number of carboxylic acids is 1. The predicted molar refractivity (Wildman–Crippen MR) is 101 cm³/mol. The summed E-state index contributed by atoms with van der Waals surface area (Å²) in [5.74, 6) is -3.62. The van der Waals surface area contributed by atoms with E-state index in [2.05, 4.69) is 5.32 Å². The fourth-order valence-corrected chi connectivity index (χ4v) is 3.06. The molecule has 0 spiro atoms. The van der Waals surface area contributed by atoms with Gasteiger partial charge in [0.2, 0.25) is 5.91 Å². The Bertz CT molecular complexity index is 1100. The number of carboxylic acid groups (broad SMARTS) is 1. The molecule has 3 rings (SSSR count). The SMILES string of the molecule is O=C(O)Cc1ccc(O)c(NC(=O)CCN2C(=O)c3cccc([N+](=O)[O-])c3C2=O)c1. The molecule has 11 nitrogen and oxygen atoms in total. The van der Waals surface area contributed by atoms with Gasteiger partial charge in [-0.2, -0.15) is 0 Å². The summed E-state index contributed by atoms with van der Waals surface area (Å²) < 4.78 is 0. The number of imide groups is 1. The Labute approximate surface area is 168 Å². The van der Waals surface area contributed by atoms with Gasteiger partial charge in [-0.05, 0) is 23.8 Å². The number of hydrogen-bond donors (Lipinski definition) is 3. The van der Waals surface area contributed by atoms with Gasteiger partial charge in [0.1, 0.15) is 11.3 Å². The Morgan fingerprint density at radius 3 is 2.53 bits per heavy atom. The zero-order valence-corrected chi connectivity index (χ0v) is 15.3. The van der Waals surface area contributed by atoms with Crippen molar-refractivity contribution in [2.24, 2.45) is 0 Å². The molecule has 11 heteroatoms. The molecule has 0 saturated heterocycles. The maximum absolute atomic E-state index is 12.5. The second-order valence-corrected chi connectivity index (χ2v) is 6.44. The Morgan fingerprint density at radius 2 is 1.87 bits per heavy atom. The topological polar surface area (TPSA) is 167 Å². The zero-order valence-electron chi connectivity index (χ0n) is 15.3. The highest BCUT2D eigenvalue weighted by molar-refractivity contribution is 6.23. The quantitative estimate of drug-likeness (QED) is 0.266. The number of rotatable bonds is 7. The molecule has 1 heterocycles. The van der Waals surface area contributed by atoms with Crippen molar-refractivity contribution < 1.29 is 34.3 Å². The fraction of sp³-hybridized carbons (Fsp3) is 0.158. The number of benzene rings is 2. The van der Waals surface area contributed by atoms with Crippen LogP contribution in [0.3, 0.4) is 0 Å². The van der Waals surface area contributed by atoms with E-state index in [-0.39, 0.29) is 42.0 Å². The summed E-state index contributed by atoms with van der Waals surface area (Å²) in [5, 5.41) is 32.2. The third-order valence-corrected chi connectivity index (χ3v) is 4.43. The van der Waals surface area contributed by atoms with Crippen LogP contribution < -0.4 is 5.32 Å². The van der Waals surface area contributed by atoms with E-state index in [1.54, 1.807) is 0 Å². The van der Waals surface area contributed by atoms with Gasteiger partial charge < -0.3 is 15.5 Å². The number of fused-ring (bicyclic) bond motifs is 1. The average Bonchev–Trinajstić information content (AvgIpc) is 2.92. The molecular formula is C19H15N3O8. The van der Waals surface area contributed by atoms with Crippen molar-refractivity contribution >= 4 is 35.1 Å². The number of aliphatic carboxylic acids is 1. The fourth-order valence-electron chi connectivity index (χ4n) is 3.06. The van der Waals surface area contributed by atoms with Crippen LogP contribution in [0.4, 0.5) is 11.4 Å². The van der Waals surface area contributed by atoms with Crippen LogP contribution >= 0.6 is 0 Å².